The van der Waals surface area contributed by atoms with E-state index in [1.165, 1.54) is 33.1 Å². The van der Waals surface area contributed by atoms with Crippen molar-refractivity contribution in [2.24, 2.45) is 0 Å². The SMILES string of the molecule is Cc1ccc(-c2ccc3c(c2)c2ccccc2n3-c2ccccc2)nc1. The molecule has 5 aromatic rings. The fourth-order valence-corrected chi connectivity index (χ4v) is 3.63. The smallest absolute Gasteiger partial charge is 0.0702 e. The number of benzene rings is 3. The van der Waals surface area contributed by atoms with Gasteiger partial charge in [0, 0.05) is 28.2 Å². The van der Waals surface area contributed by atoms with Gasteiger partial charge < -0.3 is 4.57 Å². The minimum atomic E-state index is 1.01. The summed E-state index contributed by atoms with van der Waals surface area (Å²) < 4.78 is 2.33. The maximum atomic E-state index is 4.59. The standard InChI is InChI=1S/C24H18N2/c1-17-11-13-22(25-16-17)18-12-14-24-21(15-18)20-9-5-6-10-23(20)26(24)19-7-3-2-4-8-19/h2-16H,1H3. The van der Waals surface area contributed by atoms with Crippen molar-refractivity contribution in [3.05, 3.63) is 96.7 Å². The molecule has 0 N–H and O–H groups in total. The van der Waals surface area contributed by atoms with E-state index in [4.69, 9.17) is 0 Å². The minimum absolute atomic E-state index is 1.01. The first-order valence-corrected chi connectivity index (χ1v) is 8.83. The number of hydrogen-bond acceptors (Lipinski definition) is 1. The number of fused-ring (bicyclic) bond motifs is 3. The first-order valence-electron chi connectivity index (χ1n) is 8.83. The quantitative estimate of drug-likeness (QED) is 0.378. The van der Waals surface area contributed by atoms with Crippen molar-refractivity contribution in [3.8, 4) is 16.9 Å². The van der Waals surface area contributed by atoms with Gasteiger partial charge in [-0.1, -0.05) is 48.5 Å². The van der Waals surface area contributed by atoms with E-state index in [9.17, 15) is 0 Å². The summed E-state index contributed by atoms with van der Waals surface area (Å²) in [7, 11) is 0. The first kappa shape index (κ1) is 14.9. The van der Waals surface area contributed by atoms with E-state index in [1.807, 2.05) is 6.20 Å². The third kappa shape index (κ3) is 2.31. The van der Waals surface area contributed by atoms with Gasteiger partial charge in [-0.05, 0) is 48.9 Å². The lowest BCUT2D eigenvalue weighted by Crippen LogP contribution is -1.92. The second kappa shape index (κ2) is 5.85. The van der Waals surface area contributed by atoms with Crippen LogP contribution in [0.4, 0.5) is 0 Å². The summed E-state index contributed by atoms with van der Waals surface area (Å²) in [5.74, 6) is 0. The molecule has 0 aliphatic carbocycles. The molecular weight excluding hydrogens is 316 g/mol. The predicted molar refractivity (Wildman–Crippen MR) is 109 cm³/mol. The highest BCUT2D eigenvalue weighted by Gasteiger charge is 2.12. The number of para-hydroxylation sites is 2. The number of nitrogens with zero attached hydrogens (tertiary/aromatic N) is 2. The van der Waals surface area contributed by atoms with Crippen molar-refractivity contribution in [3.63, 3.8) is 0 Å². The second-order valence-electron chi connectivity index (χ2n) is 6.64. The van der Waals surface area contributed by atoms with Crippen LogP contribution in [-0.2, 0) is 0 Å². The van der Waals surface area contributed by atoms with Crippen LogP contribution in [0.1, 0.15) is 5.56 Å². The van der Waals surface area contributed by atoms with Crippen molar-refractivity contribution in [1.29, 1.82) is 0 Å². The van der Waals surface area contributed by atoms with Crippen LogP contribution < -0.4 is 0 Å². The number of aromatic nitrogens is 2. The molecule has 3 aromatic carbocycles. The van der Waals surface area contributed by atoms with Crippen LogP contribution in [0, 0.1) is 6.92 Å². The molecule has 0 saturated carbocycles. The Morgan fingerprint density at radius 2 is 1.46 bits per heavy atom. The molecule has 2 nitrogen and oxygen atoms in total. The molecule has 0 unspecified atom stereocenters. The Morgan fingerprint density at radius 3 is 2.27 bits per heavy atom. The van der Waals surface area contributed by atoms with E-state index in [0.29, 0.717) is 0 Å². The Kier molecular flexibility index (Phi) is 3.36. The van der Waals surface area contributed by atoms with E-state index in [1.54, 1.807) is 0 Å². The first-order chi connectivity index (χ1) is 12.8. The van der Waals surface area contributed by atoms with Gasteiger partial charge in [-0.3, -0.25) is 4.98 Å². The summed E-state index contributed by atoms with van der Waals surface area (Å²) in [6.07, 6.45) is 1.92. The zero-order chi connectivity index (χ0) is 17.5. The van der Waals surface area contributed by atoms with Crippen molar-refractivity contribution in [2.45, 2.75) is 6.92 Å². The lowest BCUT2D eigenvalue weighted by Gasteiger charge is -2.08. The van der Waals surface area contributed by atoms with Gasteiger partial charge in [-0.15, -0.1) is 0 Å². The van der Waals surface area contributed by atoms with Crippen LogP contribution in [0.2, 0.25) is 0 Å². The van der Waals surface area contributed by atoms with Crippen LogP contribution in [0.15, 0.2) is 91.1 Å². The second-order valence-corrected chi connectivity index (χ2v) is 6.64. The van der Waals surface area contributed by atoms with Crippen molar-refractivity contribution in [2.75, 3.05) is 0 Å². The van der Waals surface area contributed by atoms with Crippen LogP contribution in [-0.4, -0.2) is 9.55 Å². The lowest BCUT2D eigenvalue weighted by atomic mass is 10.1. The third-order valence-electron chi connectivity index (χ3n) is 4.89. The number of hydrogen-bond donors (Lipinski definition) is 0. The van der Waals surface area contributed by atoms with E-state index in [0.717, 1.165) is 11.3 Å². The molecule has 0 saturated heterocycles. The number of pyridine rings is 1. The molecule has 0 amide bonds. The van der Waals surface area contributed by atoms with Crippen LogP contribution in [0.3, 0.4) is 0 Å². The summed E-state index contributed by atoms with van der Waals surface area (Å²) in [6, 6.07) is 30.0. The van der Waals surface area contributed by atoms with Gasteiger partial charge >= 0.3 is 0 Å². The average molecular weight is 334 g/mol. The van der Waals surface area contributed by atoms with Crippen LogP contribution in [0.5, 0.6) is 0 Å². The summed E-state index contributed by atoms with van der Waals surface area (Å²) in [5, 5.41) is 2.52. The highest BCUT2D eigenvalue weighted by Crippen LogP contribution is 2.34. The summed E-state index contributed by atoms with van der Waals surface area (Å²) in [5.41, 5.74) is 6.95. The molecule has 0 radical (unpaired) electrons. The zero-order valence-corrected chi connectivity index (χ0v) is 14.6. The fourth-order valence-electron chi connectivity index (χ4n) is 3.63. The Morgan fingerprint density at radius 1 is 0.692 bits per heavy atom. The van der Waals surface area contributed by atoms with E-state index >= 15 is 0 Å². The topological polar surface area (TPSA) is 17.8 Å². The molecule has 0 fully saturated rings. The average Bonchev–Trinajstić information content (AvgIpc) is 3.03. The molecular formula is C24H18N2. The normalized spacial score (nSPS) is 11.3. The molecule has 26 heavy (non-hydrogen) atoms. The van der Waals surface area contributed by atoms with Gasteiger partial charge in [0.2, 0.25) is 0 Å². The van der Waals surface area contributed by atoms with Gasteiger partial charge in [-0.25, -0.2) is 0 Å². The molecule has 0 bridgehead atoms. The van der Waals surface area contributed by atoms with Crippen molar-refractivity contribution >= 4 is 21.8 Å². The maximum Gasteiger partial charge on any atom is 0.0702 e. The van der Waals surface area contributed by atoms with Gasteiger partial charge in [-0.2, -0.15) is 0 Å². The monoisotopic (exact) mass is 334 g/mol. The predicted octanol–water partition coefficient (Wildman–Crippen LogP) is 6.15. The van der Waals surface area contributed by atoms with E-state index in [2.05, 4.69) is 101 Å². The Hall–Kier alpha value is -3.39. The molecule has 0 aliphatic rings. The lowest BCUT2D eigenvalue weighted by molar-refractivity contribution is 1.18. The molecule has 2 aromatic heterocycles. The van der Waals surface area contributed by atoms with E-state index < -0.39 is 0 Å². The van der Waals surface area contributed by atoms with Crippen molar-refractivity contribution < 1.29 is 0 Å². The maximum absolute atomic E-state index is 4.59. The van der Waals surface area contributed by atoms with Crippen molar-refractivity contribution in [1.82, 2.24) is 9.55 Å². The van der Waals surface area contributed by atoms with Gasteiger partial charge in [0.1, 0.15) is 0 Å². The molecule has 5 rings (SSSR count). The fraction of sp³-hybridized carbons (Fsp3) is 0.0417. The van der Waals surface area contributed by atoms with Crippen LogP contribution >= 0.6 is 0 Å². The minimum Gasteiger partial charge on any atom is -0.309 e. The van der Waals surface area contributed by atoms with Gasteiger partial charge in [0.15, 0.2) is 0 Å². The number of rotatable bonds is 2. The van der Waals surface area contributed by atoms with E-state index in [-0.39, 0.29) is 0 Å². The Balaban J connectivity index is 1.82. The molecule has 124 valence electrons. The Labute approximate surface area is 152 Å². The molecule has 0 atom stereocenters. The Bertz CT molecular complexity index is 1220. The third-order valence-corrected chi connectivity index (χ3v) is 4.89. The summed E-state index contributed by atoms with van der Waals surface area (Å²) in [4.78, 5) is 4.59. The highest BCUT2D eigenvalue weighted by molar-refractivity contribution is 6.10. The largest absolute Gasteiger partial charge is 0.309 e. The molecule has 0 spiro atoms. The molecule has 2 heterocycles. The summed E-state index contributed by atoms with van der Waals surface area (Å²) >= 11 is 0. The van der Waals surface area contributed by atoms with Crippen LogP contribution in [0.25, 0.3) is 38.8 Å². The zero-order valence-electron chi connectivity index (χ0n) is 14.6. The molecule has 0 aliphatic heterocycles. The van der Waals surface area contributed by atoms with Gasteiger partial charge in [0.25, 0.3) is 0 Å². The highest BCUT2D eigenvalue weighted by atomic mass is 15.0. The number of aryl methyl sites for hydroxylation is 1. The summed E-state index contributed by atoms with van der Waals surface area (Å²) in [6.45, 7) is 2.06. The van der Waals surface area contributed by atoms with Gasteiger partial charge in [0.05, 0.1) is 16.7 Å². The molecule has 2 heteroatoms.